The monoisotopic (exact) mass is 538 g/mol. The molecule has 1 aromatic heterocycles. The van der Waals surface area contributed by atoms with Crippen molar-refractivity contribution in [3.63, 3.8) is 0 Å². The van der Waals surface area contributed by atoms with E-state index in [-0.39, 0.29) is 11.5 Å². The average molecular weight is 539 g/mol. The summed E-state index contributed by atoms with van der Waals surface area (Å²) < 4.78 is 2.45. The number of thioether (sulfide) groups is 1. The molecule has 0 saturated carbocycles. The van der Waals surface area contributed by atoms with Gasteiger partial charge in [0.25, 0.3) is 5.91 Å². The van der Waals surface area contributed by atoms with E-state index in [4.69, 9.17) is 35.4 Å². The molecule has 35 heavy (non-hydrogen) atoms. The summed E-state index contributed by atoms with van der Waals surface area (Å²) in [6.07, 6.45) is 3.82. The molecule has 2 heterocycles. The predicted molar refractivity (Wildman–Crippen MR) is 147 cm³/mol. The Morgan fingerprint density at radius 3 is 2.60 bits per heavy atom. The number of rotatable bonds is 5. The molecule has 1 aliphatic heterocycles. The zero-order valence-electron chi connectivity index (χ0n) is 17.9. The van der Waals surface area contributed by atoms with E-state index >= 15 is 0 Å². The van der Waals surface area contributed by atoms with Crippen LogP contribution in [0.25, 0.3) is 17.0 Å². The van der Waals surface area contributed by atoms with Crippen molar-refractivity contribution in [2.45, 2.75) is 6.54 Å². The highest BCUT2D eigenvalue weighted by Gasteiger charge is 2.33. The minimum Gasteiger partial charge on any atom is -0.478 e. The number of anilines is 1. The molecule has 9 heteroatoms. The molecular weight excluding hydrogens is 523 g/mol. The highest BCUT2D eigenvalue weighted by Crippen LogP contribution is 2.37. The van der Waals surface area contributed by atoms with Crippen molar-refractivity contribution < 1.29 is 14.7 Å². The molecule has 174 valence electrons. The summed E-state index contributed by atoms with van der Waals surface area (Å²) in [5.74, 6) is -1.36. The van der Waals surface area contributed by atoms with E-state index < -0.39 is 5.97 Å². The van der Waals surface area contributed by atoms with E-state index in [1.54, 1.807) is 18.2 Å². The molecule has 5 nitrogen and oxygen atoms in total. The van der Waals surface area contributed by atoms with E-state index in [0.29, 0.717) is 31.5 Å². The van der Waals surface area contributed by atoms with Crippen molar-refractivity contribution >= 4 is 86.0 Å². The fourth-order valence-corrected chi connectivity index (χ4v) is 5.58. The van der Waals surface area contributed by atoms with Crippen molar-refractivity contribution in [2.75, 3.05) is 4.90 Å². The van der Waals surface area contributed by atoms with Crippen LogP contribution in [-0.4, -0.2) is 25.9 Å². The summed E-state index contributed by atoms with van der Waals surface area (Å²) >= 11 is 18.9. The topological polar surface area (TPSA) is 62.5 Å². The minimum absolute atomic E-state index is 0.0888. The van der Waals surface area contributed by atoms with Crippen LogP contribution in [0.1, 0.15) is 21.5 Å². The number of carbonyl (C=O) groups is 2. The first-order valence-corrected chi connectivity index (χ1v) is 12.4. The van der Waals surface area contributed by atoms with Crippen molar-refractivity contribution in [2.24, 2.45) is 0 Å². The summed E-state index contributed by atoms with van der Waals surface area (Å²) in [6, 6.07) is 19.7. The molecule has 1 fully saturated rings. The van der Waals surface area contributed by atoms with Gasteiger partial charge in [-0.25, -0.2) is 4.79 Å². The van der Waals surface area contributed by atoms with Crippen molar-refractivity contribution in [3.05, 3.63) is 105 Å². The average Bonchev–Trinajstić information content (AvgIpc) is 3.32. The SMILES string of the molecule is O=C(O)c1cccc(N2C(=O)/C(=C/c3cn(Cc4ccc(Cl)c(Cl)c4)c4ccccc34)SC2=S)c1. The predicted octanol–water partition coefficient (Wildman–Crippen LogP) is 7.10. The Hall–Kier alpha value is -3.10. The van der Waals surface area contributed by atoms with Crippen LogP contribution in [0.15, 0.2) is 77.8 Å². The van der Waals surface area contributed by atoms with Crippen molar-refractivity contribution in [3.8, 4) is 0 Å². The fourth-order valence-electron chi connectivity index (χ4n) is 3.97. The lowest BCUT2D eigenvalue weighted by atomic mass is 10.1. The molecule has 1 aliphatic rings. The van der Waals surface area contributed by atoms with E-state index in [1.165, 1.54) is 28.8 Å². The second kappa shape index (κ2) is 9.51. The number of nitrogens with zero attached hydrogens (tertiary/aromatic N) is 2. The Morgan fingerprint density at radius 1 is 1.03 bits per heavy atom. The number of amides is 1. The molecule has 1 amide bonds. The summed E-state index contributed by atoms with van der Waals surface area (Å²) in [5.41, 5.74) is 3.40. The minimum atomic E-state index is -1.07. The highest BCUT2D eigenvalue weighted by molar-refractivity contribution is 8.27. The van der Waals surface area contributed by atoms with Gasteiger partial charge >= 0.3 is 5.97 Å². The number of carboxylic acids is 1. The molecule has 5 rings (SSSR count). The Labute approximate surface area is 220 Å². The lowest BCUT2D eigenvalue weighted by Gasteiger charge is -2.14. The standard InChI is InChI=1S/C26H16Cl2N2O3S2/c27-20-9-8-15(10-21(20)28)13-29-14-17(19-6-1-2-7-22(19)29)12-23-24(31)30(26(34)35-23)18-5-3-4-16(11-18)25(32)33/h1-12,14H,13H2,(H,32,33)/b23-12-. The maximum Gasteiger partial charge on any atom is 0.335 e. The molecule has 0 atom stereocenters. The quantitative estimate of drug-likeness (QED) is 0.217. The lowest BCUT2D eigenvalue weighted by Crippen LogP contribution is -2.27. The molecule has 0 radical (unpaired) electrons. The molecule has 0 aliphatic carbocycles. The second-order valence-corrected chi connectivity index (χ2v) is 10.3. The third kappa shape index (κ3) is 4.60. The molecule has 0 unspecified atom stereocenters. The van der Waals surface area contributed by atoms with E-state index in [2.05, 4.69) is 4.57 Å². The normalized spacial score (nSPS) is 14.9. The van der Waals surface area contributed by atoms with E-state index in [1.807, 2.05) is 48.7 Å². The number of carbonyl (C=O) groups excluding carboxylic acids is 1. The molecule has 0 bridgehead atoms. The number of carboxylic acid groups (broad SMARTS) is 1. The maximum absolute atomic E-state index is 13.3. The summed E-state index contributed by atoms with van der Waals surface area (Å²) in [6.45, 7) is 0.578. The van der Waals surface area contributed by atoms with Crippen LogP contribution in [0.3, 0.4) is 0 Å². The van der Waals surface area contributed by atoms with E-state index in [9.17, 15) is 14.7 Å². The maximum atomic E-state index is 13.3. The number of hydrogen-bond acceptors (Lipinski definition) is 4. The van der Waals surface area contributed by atoms with Crippen LogP contribution < -0.4 is 4.90 Å². The first-order valence-electron chi connectivity index (χ1n) is 10.4. The van der Waals surface area contributed by atoms with Crippen LogP contribution in [0, 0.1) is 0 Å². The van der Waals surface area contributed by atoms with Crippen LogP contribution in [0.2, 0.25) is 10.0 Å². The Bertz CT molecular complexity index is 1560. The Morgan fingerprint density at radius 2 is 1.83 bits per heavy atom. The number of fused-ring (bicyclic) bond motifs is 1. The fraction of sp³-hybridized carbons (Fsp3) is 0.0385. The molecule has 1 saturated heterocycles. The third-order valence-electron chi connectivity index (χ3n) is 5.59. The Balaban J connectivity index is 1.51. The van der Waals surface area contributed by atoms with Crippen LogP contribution >= 0.6 is 47.2 Å². The van der Waals surface area contributed by atoms with Gasteiger partial charge in [0, 0.05) is 29.2 Å². The van der Waals surface area contributed by atoms with Gasteiger partial charge in [0.05, 0.1) is 26.2 Å². The zero-order chi connectivity index (χ0) is 24.7. The second-order valence-electron chi connectivity index (χ2n) is 7.85. The number of thiocarbonyl (C=S) groups is 1. The molecule has 1 N–H and O–H groups in total. The highest BCUT2D eigenvalue weighted by atomic mass is 35.5. The van der Waals surface area contributed by atoms with Gasteiger partial charge in [0.1, 0.15) is 0 Å². The first-order chi connectivity index (χ1) is 16.8. The van der Waals surface area contributed by atoms with Gasteiger partial charge in [-0.05, 0) is 48.0 Å². The number of para-hydroxylation sites is 1. The number of aromatic nitrogens is 1. The lowest BCUT2D eigenvalue weighted by molar-refractivity contribution is -0.113. The van der Waals surface area contributed by atoms with E-state index in [0.717, 1.165) is 22.0 Å². The van der Waals surface area contributed by atoms with Gasteiger partial charge in [0.2, 0.25) is 0 Å². The largest absolute Gasteiger partial charge is 0.478 e. The first kappa shape index (κ1) is 23.6. The van der Waals surface area contributed by atoms with Crippen molar-refractivity contribution in [1.82, 2.24) is 4.57 Å². The Kier molecular flexibility index (Phi) is 6.42. The number of halogens is 2. The summed E-state index contributed by atoms with van der Waals surface area (Å²) in [5, 5.41) is 11.3. The van der Waals surface area contributed by atoms with Crippen molar-refractivity contribution in [1.29, 1.82) is 0 Å². The number of aromatic carboxylic acids is 1. The van der Waals surface area contributed by atoms with Crippen LogP contribution in [0.5, 0.6) is 0 Å². The summed E-state index contributed by atoms with van der Waals surface area (Å²) in [7, 11) is 0. The van der Waals surface area contributed by atoms with Gasteiger partial charge in [0.15, 0.2) is 4.32 Å². The number of benzene rings is 3. The zero-order valence-corrected chi connectivity index (χ0v) is 21.1. The molecule has 4 aromatic rings. The van der Waals surface area contributed by atoms with Crippen LogP contribution in [0.4, 0.5) is 5.69 Å². The smallest absolute Gasteiger partial charge is 0.335 e. The molecule has 0 spiro atoms. The third-order valence-corrected chi connectivity index (χ3v) is 7.63. The van der Waals surface area contributed by atoms with Gasteiger partial charge in [-0.1, -0.05) is 77.5 Å². The van der Waals surface area contributed by atoms with Gasteiger partial charge in [-0.2, -0.15) is 0 Å². The molecule has 3 aromatic carbocycles. The number of hydrogen-bond donors (Lipinski definition) is 1. The van der Waals surface area contributed by atoms with Crippen LogP contribution in [-0.2, 0) is 11.3 Å². The van der Waals surface area contributed by atoms with Gasteiger partial charge in [-0.15, -0.1) is 0 Å². The van der Waals surface area contributed by atoms with Gasteiger partial charge < -0.3 is 9.67 Å². The van der Waals surface area contributed by atoms with Gasteiger partial charge in [-0.3, -0.25) is 9.69 Å². The molecular formula is C26H16Cl2N2O3S2. The summed E-state index contributed by atoms with van der Waals surface area (Å²) in [4.78, 5) is 26.5.